The van der Waals surface area contributed by atoms with Crippen molar-refractivity contribution in [1.82, 2.24) is 24.8 Å². The molecule has 4 aromatic heterocycles. The number of carbonyl (C=O) groups is 1. The topological polar surface area (TPSA) is 107 Å². The number of benzene rings is 1. The zero-order valence-electron chi connectivity index (χ0n) is 26.2. The molecule has 0 aliphatic carbocycles. The quantitative estimate of drug-likeness (QED) is 0.183. The standard InChI is InChI=1S/C36H39FN6O2/c1-5-43-16-12-22(13-17-43)23-6-9-31(40-20-23)32-19-28-25(10-14-38-33(28)41-32)26-11-15-39-34(29(26)21-44)42-35(45)27-8-7-24(18-30(27)37)36(2,3)4/h6-11,14-15,18-20,22,44H,5,12-13,16-17,21H2,1-4H3,(H,38,41)(H,39,42,45). The molecular formula is C36H39FN6O2. The predicted octanol–water partition coefficient (Wildman–Crippen LogP) is 7.07. The molecule has 1 saturated heterocycles. The molecule has 1 amide bonds. The van der Waals surface area contributed by atoms with E-state index in [1.807, 2.05) is 39.1 Å². The molecule has 1 aliphatic rings. The van der Waals surface area contributed by atoms with E-state index in [4.69, 9.17) is 4.98 Å². The monoisotopic (exact) mass is 606 g/mol. The van der Waals surface area contributed by atoms with E-state index in [-0.39, 0.29) is 23.4 Å². The third-order valence-electron chi connectivity index (χ3n) is 8.92. The fourth-order valence-corrected chi connectivity index (χ4v) is 6.14. The summed E-state index contributed by atoms with van der Waals surface area (Å²) in [6.45, 7) is 11.1. The molecule has 1 fully saturated rings. The number of aliphatic hydroxyl groups excluding tert-OH is 1. The average Bonchev–Trinajstić information content (AvgIpc) is 3.49. The molecule has 0 unspecified atom stereocenters. The van der Waals surface area contributed by atoms with Crippen molar-refractivity contribution in [1.29, 1.82) is 0 Å². The van der Waals surface area contributed by atoms with Crippen LogP contribution in [0.4, 0.5) is 10.2 Å². The lowest BCUT2D eigenvalue weighted by Crippen LogP contribution is -2.32. The van der Waals surface area contributed by atoms with Crippen molar-refractivity contribution in [2.45, 2.75) is 58.5 Å². The van der Waals surface area contributed by atoms with Crippen molar-refractivity contribution in [2.75, 3.05) is 25.0 Å². The van der Waals surface area contributed by atoms with Crippen molar-refractivity contribution in [3.8, 4) is 22.5 Å². The number of aromatic amines is 1. The molecule has 0 saturated carbocycles. The zero-order valence-corrected chi connectivity index (χ0v) is 26.2. The molecule has 45 heavy (non-hydrogen) atoms. The van der Waals surface area contributed by atoms with Crippen LogP contribution in [0.25, 0.3) is 33.5 Å². The molecule has 1 aromatic carbocycles. The van der Waals surface area contributed by atoms with Gasteiger partial charge in [0.05, 0.1) is 23.6 Å². The molecule has 0 spiro atoms. The van der Waals surface area contributed by atoms with Gasteiger partial charge in [0.1, 0.15) is 17.3 Å². The molecule has 232 valence electrons. The predicted molar refractivity (Wildman–Crippen MR) is 176 cm³/mol. The minimum atomic E-state index is -0.637. The molecule has 5 heterocycles. The van der Waals surface area contributed by atoms with Crippen LogP contribution in [0.2, 0.25) is 0 Å². The first kappa shape index (κ1) is 30.6. The number of halogens is 1. The van der Waals surface area contributed by atoms with Crippen molar-refractivity contribution in [2.24, 2.45) is 0 Å². The van der Waals surface area contributed by atoms with E-state index >= 15 is 0 Å². The van der Waals surface area contributed by atoms with E-state index in [0.29, 0.717) is 22.7 Å². The number of rotatable bonds is 7. The maximum absolute atomic E-state index is 15.0. The Morgan fingerprint density at radius 2 is 1.78 bits per heavy atom. The second-order valence-corrected chi connectivity index (χ2v) is 12.7. The van der Waals surface area contributed by atoms with Gasteiger partial charge in [0.2, 0.25) is 0 Å². The summed E-state index contributed by atoms with van der Waals surface area (Å²) in [5.74, 6) is -0.549. The van der Waals surface area contributed by atoms with Crippen LogP contribution in [-0.4, -0.2) is 55.5 Å². The van der Waals surface area contributed by atoms with Gasteiger partial charge in [-0.05, 0) is 102 Å². The van der Waals surface area contributed by atoms with Gasteiger partial charge < -0.3 is 20.3 Å². The van der Waals surface area contributed by atoms with Crippen LogP contribution in [0.15, 0.2) is 67.1 Å². The third kappa shape index (κ3) is 6.23. The highest BCUT2D eigenvalue weighted by molar-refractivity contribution is 6.05. The Kier molecular flexibility index (Phi) is 8.48. The first-order valence-electron chi connectivity index (χ1n) is 15.5. The van der Waals surface area contributed by atoms with Gasteiger partial charge in [-0.2, -0.15) is 0 Å². The lowest BCUT2D eigenvalue weighted by atomic mass is 9.86. The number of pyridine rings is 3. The Bertz CT molecular complexity index is 1840. The number of piperidine rings is 1. The number of hydrogen-bond acceptors (Lipinski definition) is 6. The maximum atomic E-state index is 15.0. The van der Waals surface area contributed by atoms with Crippen LogP contribution < -0.4 is 5.32 Å². The van der Waals surface area contributed by atoms with Gasteiger partial charge in [-0.3, -0.25) is 9.78 Å². The van der Waals surface area contributed by atoms with Crippen LogP contribution in [0.1, 0.15) is 73.5 Å². The molecule has 9 heteroatoms. The van der Waals surface area contributed by atoms with Gasteiger partial charge in [-0.1, -0.05) is 39.8 Å². The van der Waals surface area contributed by atoms with Crippen LogP contribution in [-0.2, 0) is 12.0 Å². The van der Waals surface area contributed by atoms with Gasteiger partial charge in [0, 0.05) is 29.5 Å². The molecule has 3 N–H and O–H groups in total. The molecule has 0 atom stereocenters. The second-order valence-electron chi connectivity index (χ2n) is 12.7. The summed E-state index contributed by atoms with van der Waals surface area (Å²) in [7, 11) is 0. The van der Waals surface area contributed by atoms with E-state index < -0.39 is 11.7 Å². The fourth-order valence-electron chi connectivity index (χ4n) is 6.14. The summed E-state index contributed by atoms with van der Waals surface area (Å²) >= 11 is 0. The Balaban J connectivity index is 1.28. The molecule has 1 aliphatic heterocycles. The highest BCUT2D eigenvalue weighted by Gasteiger charge is 2.22. The molecule has 0 bridgehead atoms. The summed E-state index contributed by atoms with van der Waals surface area (Å²) < 4.78 is 15.0. The van der Waals surface area contributed by atoms with E-state index in [2.05, 4.69) is 44.2 Å². The van der Waals surface area contributed by atoms with Gasteiger partial charge in [0.15, 0.2) is 0 Å². The minimum absolute atomic E-state index is 0.0920. The van der Waals surface area contributed by atoms with Crippen LogP contribution in [0.3, 0.4) is 0 Å². The number of nitrogens with zero attached hydrogens (tertiary/aromatic N) is 4. The number of aromatic nitrogens is 4. The Morgan fingerprint density at radius 1 is 1.02 bits per heavy atom. The Hall–Kier alpha value is -4.47. The number of nitrogens with one attached hydrogen (secondary N) is 2. The number of carbonyl (C=O) groups excluding carboxylic acids is 1. The molecule has 8 nitrogen and oxygen atoms in total. The van der Waals surface area contributed by atoms with Gasteiger partial charge in [0.25, 0.3) is 5.91 Å². The van der Waals surface area contributed by atoms with E-state index in [9.17, 15) is 14.3 Å². The van der Waals surface area contributed by atoms with Gasteiger partial charge in [-0.15, -0.1) is 0 Å². The van der Waals surface area contributed by atoms with Crippen molar-refractivity contribution in [3.05, 3.63) is 95.2 Å². The van der Waals surface area contributed by atoms with Crippen LogP contribution >= 0.6 is 0 Å². The first-order chi connectivity index (χ1) is 21.7. The minimum Gasteiger partial charge on any atom is -0.392 e. The number of amides is 1. The molecule has 5 aromatic rings. The Labute approximate surface area is 262 Å². The number of aliphatic hydroxyl groups is 1. The summed E-state index contributed by atoms with van der Waals surface area (Å²) in [5.41, 5.74) is 5.96. The number of fused-ring (bicyclic) bond motifs is 1. The molecule has 6 rings (SSSR count). The lowest BCUT2D eigenvalue weighted by molar-refractivity contribution is 0.102. The fraction of sp³-hybridized carbons (Fsp3) is 0.333. The van der Waals surface area contributed by atoms with Crippen LogP contribution in [0, 0.1) is 5.82 Å². The largest absolute Gasteiger partial charge is 0.392 e. The average molecular weight is 607 g/mol. The Morgan fingerprint density at radius 3 is 2.44 bits per heavy atom. The number of hydrogen-bond donors (Lipinski definition) is 3. The van der Waals surface area contributed by atoms with E-state index in [1.54, 1.807) is 24.5 Å². The summed E-state index contributed by atoms with van der Waals surface area (Å²) in [6.07, 6.45) is 7.54. The van der Waals surface area contributed by atoms with Crippen LogP contribution in [0.5, 0.6) is 0 Å². The van der Waals surface area contributed by atoms with E-state index in [1.165, 1.54) is 17.7 Å². The van der Waals surface area contributed by atoms with Crippen molar-refractivity contribution >= 4 is 22.8 Å². The maximum Gasteiger partial charge on any atom is 0.259 e. The van der Waals surface area contributed by atoms with Crippen molar-refractivity contribution in [3.63, 3.8) is 0 Å². The third-order valence-corrected chi connectivity index (χ3v) is 8.92. The lowest BCUT2D eigenvalue weighted by Gasteiger charge is -2.31. The normalized spacial score (nSPS) is 14.6. The summed E-state index contributed by atoms with van der Waals surface area (Å²) in [5, 5.41) is 14.0. The van der Waals surface area contributed by atoms with E-state index in [0.717, 1.165) is 60.4 Å². The zero-order chi connectivity index (χ0) is 31.7. The summed E-state index contributed by atoms with van der Waals surface area (Å²) in [4.78, 5) is 32.7. The number of H-pyrrole nitrogens is 1. The number of anilines is 1. The van der Waals surface area contributed by atoms with Crippen molar-refractivity contribution < 1.29 is 14.3 Å². The highest BCUT2D eigenvalue weighted by atomic mass is 19.1. The summed E-state index contributed by atoms with van der Waals surface area (Å²) in [6, 6.07) is 14.5. The molecule has 0 radical (unpaired) electrons. The SMILES string of the molecule is CCN1CCC(c2ccc(-c3cc4c(-c5ccnc(NC(=O)c6ccc(C(C)(C)C)cc6F)c5CO)ccnc4[nH]3)nc2)CC1. The molecular weight excluding hydrogens is 567 g/mol. The van der Waals surface area contributed by atoms with Gasteiger partial charge in [-0.25, -0.2) is 14.4 Å². The first-order valence-corrected chi connectivity index (χ1v) is 15.5. The highest BCUT2D eigenvalue weighted by Crippen LogP contribution is 2.35. The van der Waals surface area contributed by atoms with Gasteiger partial charge >= 0.3 is 0 Å². The second kappa shape index (κ2) is 12.5. The number of likely N-dealkylation sites (tertiary alicyclic amines) is 1. The smallest absolute Gasteiger partial charge is 0.259 e.